The lowest BCUT2D eigenvalue weighted by molar-refractivity contribution is 1.10. The van der Waals surface area contributed by atoms with Crippen LogP contribution in [0.3, 0.4) is 0 Å². The van der Waals surface area contributed by atoms with E-state index in [1.165, 1.54) is 21.7 Å². The van der Waals surface area contributed by atoms with Crippen LogP contribution in [0.2, 0.25) is 0 Å². The zero-order valence-corrected chi connectivity index (χ0v) is 10.4. The van der Waals surface area contributed by atoms with E-state index < -0.39 is 0 Å². The molecule has 2 heterocycles. The van der Waals surface area contributed by atoms with Gasteiger partial charge in [-0.25, -0.2) is 0 Å². The molecule has 3 nitrogen and oxygen atoms in total. The van der Waals surface area contributed by atoms with Gasteiger partial charge in [-0.15, -0.1) is 11.3 Å². The number of hydrogen-bond donors (Lipinski definition) is 2. The second kappa shape index (κ2) is 3.46. The molecule has 1 aromatic carbocycles. The summed E-state index contributed by atoms with van der Waals surface area (Å²) >= 11 is 1.81. The van der Waals surface area contributed by atoms with Crippen LogP contribution in [0.1, 0.15) is 10.4 Å². The molecule has 0 fully saturated rings. The molecule has 1 aliphatic carbocycles. The standard InChI is InChI=1S/C14H11N3S/c15-9-3-1-2-8(6-9)13-11-7-12-10(4-5-18-12)14(11)17-16-13/h1-6H,7,15H2,(H,16,17). The Balaban J connectivity index is 1.90. The topological polar surface area (TPSA) is 54.7 Å². The van der Waals surface area contributed by atoms with Crippen LogP contribution in [0.5, 0.6) is 0 Å². The van der Waals surface area contributed by atoms with Crippen LogP contribution >= 0.6 is 11.3 Å². The van der Waals surface area contributed by atoms with Crippen LogP contribution in [-0.4, -0.2) is 10.2 Å². The first-order valence-corrected chi connectivity index (χ1v) is 6.71. The Bertz CT molecular complexity index is 739. The predicted octanol–water partition coefficient (Wildman–Crippen LogP) is 3.29. The zero-order valence-electron chi connectivity index (χ0n) is 9.60. The van der Waals surface area contributed by atoms with E-state index >= 15 is 0 Å². The van der Waals surface area contributed by atoms with Gasteiger partial charge in [0.2, 0.25) is 0 Å². The van der Waals surface area contributed by atoms with E-state index in [0.717, 1.165) is 23.4 Å². The van der Waals surface area contributed by atoms with E-state index in [1.807, 2.05) is 29.5 Å². The summed E-state index contributed by atoms with van der Waals surface area (Å²) in [5.74, 6) is 0. The molecule has 0 bridgehead atoms. The van der Waals surface area contributed by atoms with Gasteiger partial charge in [-0.2, -0.15) is 5.10 Å². The molecule has 0 aliphatic heterocycles. The number of nitrogens with zero attached hydrogens (tertiary/aromatic N) is 1. The third-order valence-electron chi connectivity index (χ3n) is 3.38. The summed E-state index contributed by atoms with van der Waals surface area (Å²) in [5.41, 5.74) is 12.5. The van der Waals surface area contributed by atoms with Crippen LogP contribution in [0.25, 0.3) is 22.5 Å². The van der Waals surface area contributed by atoms with Gasteiger partial charge in [0.1, 0.15) is 0 Å². The average molecular weight is 253 g/mol. The second-order valence-electron chi connectivity index (χ2n) is 4.49. The number of fused-ring (bicyclic) bond motifs is 3. The number of hydrogen-bond acceptors (Lipinski definition) is 3. The minimum absolute atomic E-state index is 0.775. The van der Waals surface area contributed by atoms with Gasteiger partial charge < -0.3 is 5.73 Å². The van der Waals surface area contributed by atoms with Gasteiger partial charge >= 0.3 is 0 Å². The Morgan fingerprint density at radius 3 is 3.11 bits per heavy atom. The number of rotatable bonds is 1. The largest absolute Gasteiger partial charge is 0.399 e. The molecule has 3 N–H and O–H groups in total. The first kappa shape index (κ1) is 9.91. The summed E-state index contributed by atoms with van der Waals surface area (Å²) in [7, 11) is 0. The molecule has 0 saturated carbocycles. The monoisotopic (exact) mass is 253 g/mol. The number of aromatic nitrogens is 2. The van der Waals surface area contributed by atoms with E-state index in [4.69, 9.17) is 5.73 Å². The summed E-state index contributed by atoms with van der Waals surface area (Å²) in [6.07, 6.45) is 0.975. The van der Waals surface area contributed by atoms with Crippen LogP contribution in [-0.2, 0) is 6.42 Å². The van der Waals surface area contributed by atoms with Crippen molar-refractivity contribution < 1.29 is 0 Å². The Morgan fingerprint density at radius 1 is 1.28 bits per heavy atom. The fraction of sp³-hybridized carbons (Fsp3) is 0.0714. The van der Waals surface area contributed by atoms with Crippen molar-refractivity contribution in [3.8, 4) is 22.5 Å². The number of H-pyrrole nitrogens is 1. The van der Waals surface area contributed by atoms with Crippen molar-refractivity contribution in [1.82, 2.24) is 10.2 Å². The minimum Gasteiger partial charge on any atom is -0.399 e. The van der Waals surface area contributed by atoms with Gasteiger partial charge in [-0.1, -0.05) is 12.1 Å². The van der Waals surface area contributed by atoms with Gasteiger partial charge in [-0.05, 0) is 23.6 Å². The summed E-state index contributed by atoms with van der Waals surface area (Å²) in [5, 5.41) is 9.75. The van der Waals surface area contributed by atoms with Gasteiger partial charge in [-0.3, -0.25) is 5.10 Å². The smallest absolute Gasteiger partial charge is 0.0963 e. The van der Waals surface area contributed by atoms with Crippen LogP contribution in [0.15, 0.2) is 35.7 Å². The molecule has 88 valence electrons. The molecule has 3 aromatic rings. The van der Waals surface area contributed by atoms with E-state index in [1.54, 1.807) is 0 Å². The number of aromatic amines is 1. The molecule has 0 spiro atoms. The summed E-state index contributed by atoms with van der Waals surface area (Å²) in [6, 6.07) is 10.1. The Labute approximate surface area is 108 Å². The van der Waals surface area contributed by atoms with Crippen molar-refractivity contribution in [3.05, 3.63) is 46.2 Å². The number of nitrogen functional groups attached to an aromatic ring is 1. The highest BCUT2D eigenvalue weighted by atomic mass is 32.1. The summed E-state index contributed by atoms with van der Waals surface area (Å²) in [4.78, 5) is 1.42. The van der Waals surface area contributed by atoms with Gasteiger partial charge in [0.15, 0.2) is 0 Å². The molecule has 0 radical (unpaired) electrons. The van der Waals surface area contributed by atoms with Crippen LogP contribution < -0.4 is 5.73 Å². The van der Waals surface area contributed by atoms with Crippen molar-refractivity contribution in [1.29, 1.82) is 0 Å². The second-order valence-corrected chi connectivity index (χ2v) is 5.49. The maximum absolute atomic E-state index is 5.84. The highest BCUT2D eigenvalue weighted by Gasteiger charge is 2.25. The highest BCUT2D eigenvalue weighted by molar-refractivity contribution is 7.10. The fourth-order valence-corrected chi connectivity index (χ4v) is 3.44. The Morgan fingerprint density at radius 2 is 2.22 bits per heavy atom. The molecule has 1 aliphatic rings. The first-order valence-electron chi connectivity index (χ1n) is 5.83. The van der Waals surface area contributed by atoms with Crippen molar-refractivity contribution in [2.45, 2.75) is 6.42 Å². The molecular weight excluding hydrogens is 242 g/mol. The maximum Gasteiger partial charge on any atom is 0.0963 e. The maximum atomic E-state index is 5.84. The van der Waals surface area contributed by atoms with Crippen molar-refractivity contribution in [2.24, 2.45) is 0 Å². The van der Waals surface area contributed by atoms with Gasteiger partial charge in [0, 0.05) is 33.7 Å². The van der Waals surface area contributed by atoms with E-state index in [-0.39, 0.29) is 0 Å². The Hall–Kier alpha value is -2.07. The number of thiophene rings is 1. The quantitative estimate of drug-likeness (QED) is 0.511. The minimum atomic E-state index is 0.775. The molecule has 0 saturated heterocycles. The molecule has 0 atom stereocenters. The third kappa shape index (κ3) is 1.26. The van der Waals surface area contributed by atoms with Crippen LogP contribution in [0.4, 0.5) is 5.69 Å². The van der Waals surface area contributed by atoms with E-state index in [0.29, 0.717) is 0 Å². The molecule has 4 rings (SSSR count). The molecule has 0 unspecified atom stereocenters. The summed E-state index contributed by atoms with van der Waals surface area (Å²) in [6.45, 7) is 0. The molecule has 4 heteroatoms. The Kier molecular flexibility index (Phi) is 1.91. The SMILES string of the molecule is Nc1cccc(-c2n[nH]c3c2Cc2sccc2-3)c1. The first-order chi connectivity index (χ1) is 8.83. The zero-order chi connectivity index (χ0) is 12.1. The van der Waals surface area contributed by atoms with Gasteiger partial charge in [0.25, 0.3) is 0 Å². The molecule has 18 heavy (non-hydrogen) atoms. The number of anilines is 1. The van der Waals surface area contributed by atoms with Crippen molar-refractivity contribution in [2.75, 3.05) is 5.73 Å². The average Bonchev–Trinajstić information content (AvgIpc) is 2.99. The van der Waals surface area contributed by atoms with Gasteiger partial charge in [0.05, 0.1) is 11.4 Å². The molecular formula is C14H11N3S. The molecule has 2 aromatic heterocycles. The third-order valence-corrected chi connectivity index (χ3v) is 4.30. The van der Waals surface area contributed by atoms with Crippen molar-refractivity contribution >= 4 is 17.0 Å². The number of nitrogens with two attached hydrogens (primary N) is 1. The lowest BCUT2D eigenvalue weighted by Gasteiger charge is -2.01. The number of benzene rings is 1. The highest BCUT2D eigenvalue weighted by Crippen LogP contribution is 2.42. The van der Waals surface area contributed by atoms with E-state index in [2.05, 4.69) is 27.7 Å². The lowest BCUT2D eigenvalue weighted by atomic mass is 10.1. The fourth-order valence-electron chi connectivity index (χ4n) is 2.55. The summed E-state index contributed by atoms with van der Waals surface area (Å²) < 4.78 is 0. The normalized spacial score (nSPS) is 12.4. The van der Waals surface area contributed by atoms with Crippen molar-refractivity contribution in [3.63, 3.8) is 0 Å². The predicted molar refractivity (Wildman–Crippen MR) is 74.6 cm³/mol. The lowest BCUT2D eigenvalue weighted by Crippen LogP contribution is -1.88. The van der Waals surface area contributed by atoms with Crippen LogP contribution in [0, 0.1) is 0 Å². The van der Waals surface area contributed by atoms with E-state index in [9.17, 15) is 0 Å². The number of nitrogens with one attached hydrogen (secondary N) is 1. The molecule has 0 amide bonds.